The van der Waals surface area contributed by atoms with Gasteiger partial charge in [0.1, 0.15) is 5.76 Å². The third-order valence-corrected chi connectivity index (χ3v) is 4.84. The second-order valence-corrected chi connectivity index (χ2v) is 6.29. The maximum absolute atomic E-state index is 13.1. The summed E-state index contributed by atoms with van der Waals surface area (Å²) in [6, 6.07) is -0.139. The largest absolute Gasteiger partial charge is 0.360 e. The zero-order valence-corrected chi connectivity index (χ0v) is 13.0. The zero-order chi connectivity index (χ0) is 15.6. The Labute approximate surface area is 134 Å². The second-order valence-electron chi connectivity index (χ2n) is 6.29. The third-order valence-electron chi connectivity index (χ3n) is 4.84. The van der Waals surface area contributed by atoms with Crippen LogP contribution in [-0.2, 0) is 12.8 Å². The summed E-state index contributed by atoms with van der Waals surface area (Å²) in [5.74, 6) is 1.40. The molecule has 0 saturated carbocycles. The van der Waals surface area contributed by atoms with Gasteiger partial charge in [-0.25, -0.2) is 0 Å². The molecule has 0 bridgehead atoms. The fraction of sp³-hybridized carbons (Fsp3) is 0.625. The van der Waals surface area contributed by atoms with Gasteiger partial charge in [-0.1, -0.05) is 23.2 Å². The monoisotopic (exact) mass is 316 g/mol. The normalized spacial score (nSPS) is 21.7. The number of nitrogens with zero attached hydrogens (tertiary/aromatic N) is 4. The first-order chi connectivity index (χ1) is 11.3. The zero-order valence-electron chi connectivity index (χ0n) is 13.0. The SMILES string of the molecule is O=C(c1noc2c1CCCC2)N1CCCCCC1c1ncon1. The van der Waals surface area contributed by atoms with Crippen molar-refractivity contribution in [3.8, 4) is 0 Å². The Bertz CT molecular complexity index is 680. The number of carbonyl (C=O) groups excluding carboxylic acids is 1. The molecule has 7 nitrogen and oxygen atoms in total. The van der Waals surface area contributed by atoms with E-state index in [2.05, 4.69) is 15.3 Å². The van der Waals surface area contributed by atoms with Crippen LogP contribution in [-0.4, -0.2) is 32.6 Å². The van der Waals surface area contributed by atoms with E-state index < -0.39 is 0 Å². The summed E-state index contributed by atoms with van der Waals surface area (Å²) in [5, 5.41) is 8.05. The number of amides is 1. The number of aromatic nitrogens is 3. The van der Waals surface area contributed by atoms with Crippen molar-refractivity contribution in [3.05, 3.63) is 29.2 Å². The van der Waals surface area contributed by atoms with E-state index in [9.17, 15) is 4.79 Å². The summed E-state index contributed by atoms with van der Waals surface area (Å²) in [6.45, 7) is 0.694. The molecule has 7 heteroatoms. The van der Waals surface area contributed by atoms with Gasteiger partial charge >= 0.3 is 0 Å². The number of likely N-dealkylation sites (tertiary alicyclic amines) is 1. The smallest absolute Gasteiger partial charge is 0.276 e. The third kappa shape index (κ3) is 2.64. The minimum absolute atomic E-state index is 0.0615. The molecular weight excluding hydrogens is 296 g/mol. The van der Waals surface area contributed by atoms with E-state index in [-0.39, 0.29) is 11.9 Å². The summed E-state index contributed by atoms with van der Waals surface area (Å²) in [7, 11) is 0. The summed E-state index contributed by atoms with van der Waals surface area (Å²) in [6.07, 6.45) is 9.26. The predicted molar refractivity (Wildman–Crippen MR) is 79.7 cm³/mol. The van der Waals surface area contributed by atoms with Gasteiger partial charge in [0, 0.05) is 18.5 Å². The van der Waals surface area contributed by atoms with Crippen LogP contribution in [0.15, 0.2) is 15.4 Å². The van der Waals surface area contributed by atoms with Crippen molar-refractivity contribution in [1.29, 1.82) is 0 Å². The highest BCUT2D eigenvalue weighted by Crippen LogP contribution is 2.31. The van der Waals surface area contributed by atoms with E-state index in [4.69, 9.17) is 9.05 Å². The Morgan fingerprint density at radius 1 is 1.13 bits per heavy atom. The molecule has 0 spiro atoms. The molecule has 0 radical (unpaired) electrons. The van der Waals surface area contributed by atoms with Crippen LogP contribution in [0.3, 0.4) is 0 Å². The average molecular weight is 316 g/mol. The van der Waals surface area contributed by atoms with Crippen LogP contribution >= 0.6 is 0 Å². The molecule has 2 aliphatic rings. The van der Waals surface area contributed by atoms with Crippen LogP contribution < -0.4 is 0 Å². The first-order valence-corrected chi connectivity index (χ1v) is 8.39. The molecule has 1 saturated heterocycles. The summed E-state index contributed by atoms with van der Waals surface area (Å²) < 4.78 is 10.3. The Hall–Kier alpha value is -2.18. The van der Waals surface area contributed by atoms with Crippen molar-refractivity contribution in [2.75, 3.05) is 6.54 Å². The molecule has 4 rings (SSSR count). The van der Waals surface area contributed by atoms with Crippen LogP contribution in [0, 0.1) is 0 Å². The fourth-order valence-electron chi connectivity index (χ4n) is 3.63. The van der Waals surface area contributed by atoms with Crippen LogP contribution in [0.1, 0.15) is 72.2 Å². The summed E-state index contributed by atoms with van der Waals surface area (Å²) in [4.78, 5) is 19.1. The van der Waals surface area contributed by atoms with Gasteiger partial charge in [0.25, 0.3) is 5.91 Å². The Kier molecular flexibility index (Phi) is 3.85. The molecule has 122 valence electrons. The molecule has 2 aromatic rings. The first kappa shape index (κ1) is 14.4. The van der Waals surface area contributed by atoms with E-state index in [1.54, 1.807) is 0 Å². The van der Waals surface area contributed by atoms with Gasteiger partial charge < -0.3 is 13.9 Å². The van der Waals surface area contributed by atoms with E-state index in [0.717, 1.165) is 62.7 Å². The lowest BCUT2D eigenvalue weighted by Gasteiger charge is -2.27. The van der Waals surface area contributed by atoms with Gasteiger partial charge in [0.15, 0.2) is 11.5 Å². The summed E-state index contributed by atoms with van der Waals surface area (Å²) >= 11 is 0. The highest BCUT2D eigenvalue weighted by Gasteiger charge is 2.34. The van der Waals surface area contributed by atoms with E-state index in [1.807, 2.05) is 4.90 Å². The number of aryl methyl sites for hydroxylation is 1. The number of rotatable bonds is 2. The Morgan fingerprint density at radius 2 is 2.04 bits per heavy atom. The number of hydrogen-bond acceptors (Lipinski definition) is 6. The first-order valence-electron chi connectivity index (χ1n) is 8.39. The molecule has 1 aliphatic heterocycles. The maximum Gasteiger partial charge on any atom is 0.276 e. The minimum Gasteiger partial charge on any atom is -0.360 e. The molecule has 1 atom stereocenters. The average Bonchev–Trinajstić information content (AvgIpc) is 3.19. The number of carbonyl (C=O) groups is 1. The minimum atomic E-state index is -0.139. The van der Waals surface area contributed by atoms with E-state index in [0.29, 0.717) is 18.1 Å². The van der Waals surface area contributed by atoms with Crippen molar-refractivity contribution in [1.82, 2.24) is 20.2 Å². The van der Waals surface area contributed by atoms with Crippen molar-refractivity contribution in [2.45, 2.75) is 57.4 Å². The molecule has 1 unspecified atom stereocenters. The topological polar surface area (TPSA) is 85.3 Å². The van der Waals surface area contributed by atoms with Gasteiger partial charge in [-0.05, 0) is 32.1 Å². The van der Waals surface area contributed by atoms with Crippen molar-refractivity contribution in [2.24, 2.45) is 0 Å². The Balaban J connectivity index is 1.66. The van der Waals surface area contributed by atoms with E-state index >= 15 is 0 Å². The van der Waals surface area contributed by atoms with Gasteiger partial charge in [0.2, 0.25) is 6.39 Å². The highest BCUT2D eigenvalue weighted by atomic mass is 16.5. The lowest BCUT2D eigenvalue weighted by molar-refractivity contribution is 0.0658. The van der Waals surface area contributed by atoms with Crippen LogP contribution in [0.2, 0.25) is 0 Å². The Morgan fingerprint density at radius 3 is 2.91 bits per heavy atom. The van der Waals surface area contributed by atoms with Gasteiger partial charge in [-0.2, -0.15) is 4.98 Å². The summed E-state index contributed by atoms with van der Waals surface area (Å²) in [5.41, 5.74) is 1.48. The predicted octanol–water partition coefficient (Wildman–Crippen LogP) is 2.69. The van der Waals surface area contributed by atoms with Crippen molar-refractivity contribution in [3.63, 3.8) is 0 Å². The molecule has 0 N–H and O–H groups in total. The molecule has 3 heterocycles. The highest BCUT2D eigenvalue weighted by molar-refractivity contribution is 5.94. The molecule has 23 heavy (non-hydrogen) atoms. The standard InChI is InChI=1S/C16H20N4O3/c21-16(14-11-6-3-4-8-13(11)23-18-14)20-9-5-1-2-7-12(20)15-17-10-22-19-15/h10,12H,1-9H2. The lowest BCUT2D eigenvalue weighted by atomic mass is 9.96. The second kappa shape index (κ2) is 6.14. The molecule has 1 fully saturated rings. The van der Waals surface area contributed by atoms with Crippen molar-refractivity contribution >= 4 is 5.91 Å². The molecule has 2 aromatic heterocycles. The van der Waals surface area contributed by atoms with Gasteiger partial charge in [0.05, 0.1) is 6.04 Å². The molecule has 1 aliphatic carbocycles. The van der Waals surface area contributed by atoms with Gasteiger partial charge in [-0.15, -0.1) is 0 Å². The quantitative estimate of drug-likeness (QED) is 0.847. The maximum atomic E-state index is 13.1. The number of fused-ring (bicyclic) bond motifs is 1. The lowest BCUT2D eigenvalue weighted by Crippen LogP contribution is -2.36. The van der Waals surface area contributed by atoms with Crippen LogP contribution in [0.4, 0.5) is 0 Å². The molecular formula is C16H20N4O3. The van der Waals surface area contributed by atoms with Crippen LogP contribution in [0.25, 0.3) is 0 Å². The number of hydrogen-bond donors (Lipinski definition) is 0. The van der Waals surface area contributed by atoms with Crippen LogP contribution in [0.5, 0.6) is 0 Å². The fourth-order valence-corrected chi connectivity index (χ4v) is 3.63. The molecule has 1 amide bonds. The van der Waals surface area contributed by atoms with Gasteiger partial charge in [-0.3, -0.25) is 4.79 Å². The van der Waals surface area contributed by atoms with E-state index in [1.165, 1.54) is 6.39 Å². The molecule has 0 aromatic carbocycles. The van der Waals surface area contributed by atoms with Crippen molar-refractivity contribution < 1.29 is 13.8 Å².